The summed E-state index contributed by atoms with van der Waals surface area (Å²) in [6, 6.07) is 5.97. The first-order valence-electron chi connectivity index (χ1n) is 10.7. The molecule has 1 amide bonds. The van der Waals surface area contributed by atoms with Crippen LogP contribution in [-0.4, -0.2) is 49.4 Å². The Morgan fingerprint density at radius 1 is 1.37 bits per heavy atom. The number of carbonyl (C=O) groups is 1. The van der Waals surface area contributed by atoms with Crippen LogP contribution in [0.4, 0.5) is 13.6 Å². The van der Waals surface area contributed by atoms with Gasteiger partial charge in [-0.2, -0.15) is 5.26 Å². The molecule has 1 N–H and O–H groups in total. The van der Waals surface area contributed by atoms with Gasteiger partial charge >= 0.3 is 6.09 Å². The van der Waals surface area contributed by atoms with Crippen LogP contribution in [0.1, 0.15) is 43.6 Å². The highest BCUT2D eigenvalue weighted by atomic mass is 19.1. The largest absolute Gasteiger partial charge is 0.440 e. The Morgan fingerprint density at radius 2 is 2.07 bits per heavy atom. The van der Waals surface area contributed by atoms with Crippen molar-refractivity contribution in [3.63, 3.8) is 0 Å². The minimum absolute atomic E-state index is 0.0242. The molecule has 3 fully saturated rings. The van der Waals surface area contributed by atoms with Crippen LogP contribution >= 0.6 is 0 Å². The van der Waals surface area contributed by atoms with Crippen LogP contribution in [0.5, 0.6) is 0 Å². The molecule has 0 aromatic heterocycles. The summed E-state index contributed by atoms with van der Waals surface area (Å²) in [5.41, 5.74) is -0.0242. The SMILES string of the molecule is C=CC(CCNC(=O)O[C@H]1C[N+]2(CCCC#N)CCC1CC2)c1c(F)cccc1F. The van der Waals surface area contributed by atoms with Gasteiger partial charge < -0.3 is 14.5 Å². The first-order valence-corrected chi connectivity index (χ1v) is 10.7. The van der Waals surface area contributed by atoms with Gasteiger partial charge in [-0.1, -0.05) is 12.1 Å². The van der Waals surface area contributed by atoms with Crippen molar-refractivity contribution in [2.45, 2.75) is 44.1 Å². The number of allylic oxidation sites excluding steroid dienone is 1. The minimum Gasteiger partial charge on any atom is -0.440 e. The van der Waals surface area contributed by atoms with Crippen molar-refractivity contribution in [3.05, 3.63) is 48.1 Å². The molecule has 0 saturated carbocycles. The number of carbonyl (C=O) groups excluding carboxylic acids is 1. The average Bonchev–Trinajstić information content (AvgIpc) is 2.73. The number of quaternary nitrogens is 1. The quantitative estimate of drug-likeness (QED) is 0.370. The molecule has 3 aliphatic heterocycles. The van der Waals surface area contributed by atoms with E-state index in [1.165, 1.54) is 24.3 Å². The summed E-state index contributed by atoms with van der Waals surface area (Å²) in [5.74, 6) is -1.36. The number of hydrogen-bond acceptors (Lipinski definition) is 3. The first-order chi connectivity index (χ1) is 14.5. The second-order valence-electron chi connectivity index (χ2n) is 8.43. The first kappa shape index (κ1) is 22.2. The fourth-order valence-corrected chi connectivity index (χ4v) is 4.92. The summed E-state index contributed by atoms with van der Waals surface area (Å²) in [6.45, 7) is 7.85. The number of ether oxygens (including phenoxy) is 1. The van der Waals surface area contributed by atoms with E-state index in [9.17, 15) is 13.6 Å². The van der Waals surface area contributed by atoms with Crippen LogP contribution in [0, 0.1) is 28.9 Å². The molecule has 1 unspecified atom stereocenters. The fraction of sp³-hybridized carbons (Fsp3) is 0.565. The van der Waals surface area contributed by atoms with Crippen molar-refractivity contribution in [2.75, 3.05) is 32.7 Å². The summed E-state index contributed by atoms with van der Waals surface area (Å²) >= 11 is 0. The number of piperidine rings is 3. The molecule has 3 aliphatic rings. The molecule has 2 atom stereocenters. The molecular formula is C23H30F2N3O2+. The maximum absolute atomic E-state index is 14.0. The molecule has 4 rings (SSSR count). The number of alkyl carbamates (subject to hydrolysis) is 1. The molecule has 3 saturated heterocycles. The smallest absolute Gasteiger partial charge is 0.407 e. The monoisotopic (exact) mass is 418 g/mol. The van der Waals surface area contributed by atoms with Crippen molar-refractivity contribution >= 4 is 6.09 Å². The summed E-state index contributed by atoms with van der Waals surface area (Å²) in [5, 5.41) is 11.5. The summed E-state index contributed by atoms with van der Waals surface area (Å²) in [7, 11) is 0. The molecule has 5 nitrogen and oxygen atoms in total. The standard InChI is InChI=1S/C23H29F2N3O2/c1-2-17(22-19(24)6-5-7-20(22)25)8-12-27-23(29)30-21-16-28(13-4-3-11-26)14-9-18(21)10-15-28/h2,5-7,17-18,21H,1,3-4,8-10,12-16H2/p+1/t17?,18?,21-,28?/m0/s1. The number of amides is 1. The Kier molecular flexibility index (Phi) is 7.43. The lowest BCUT2D eigenvalue weighted by Gasteiger charge is -2.52. The van der Waals surface area contributed by atoms with Gasteiger partial charge in [0, 0.05) is 49.6 Å². The maximum atomic E-state index is 14.0. The van der Waals surface area contributed by atoms with Crippen molar-refractivity contribution < 1.29 is 22.8 Å². The number of hydrogen-bond donors (Lipinski definition) is 1. The molecule has 1 aromatic rings. The molecular weight excluding hydrogens is 388 g/mol. The topological polar surface area (TPSA) is 62.1 Å². The lowest BCUT2D eigenvalue weighted by Crippen LogP contribution is -2.64. The highest BCUT2D eigenvalue weighted by Gasteiger charge is 2.47. The highest BCUT2D eigenvalue weighted by Crippen LogP contribution is 2.36. The second-order valence-corrected chi connectivity index (χ2v) is 8.43. The number of nitrogens with one attached hydrogen (secondary N) is 1. The van der Waals surface area contributed by atoms with Crippen molar-refractivity contribution in [3.8, 4) is 6.07 Å². The third-order valence-corrected chi connectivity index (χ3v) is 6.60. The van der Waals surface area contributed by atoms with Gasteiger partial charge in [-0.15, -0.1) is 6.58 Å². The number of nitrogens with zero attached hydrogens (tertiary/aromatic N) is 2. The van der Waals surface area contributed by atoms with E-state index < -0.39 is 23.6 Å². The van der Waals surface area contributed by atoms with Crippen LogP contribution in [0.15, 0.2) is 30.9 Å². The fourth-order valence-electron chi connectivity index (χ4n) is 4.92. The number of nitriles is 1. The van der Waals surface area contributed by atoms with Gasteiger partial charge in [-0.25, -0.2) is 13.6 Å². The summed E-state index contributed by atoms with van der Waals surface area (Å²) in [6.07, 6.45) is 4.73. The zero-order valence-corrected chi connectivity index (χ0v) is 17.3. The van der Waals surface area contributed by atoms with Gasteiger partial charge in [0.05, 0.1) is 25.7 Å². The van der Waals surface area contributed by atoms with Crippen molar-refractivity contribution in [1.82, 2.24) is 5.32 Å². The van der Waals surface area contributed by atoms with E-state index in [0.717, 1.165) is 49.9 Å². The van der Waals surface area contributed by atoms with E-state index in [0.29, 0.717) is 18.8 Å². The van der Waals surface area contributed by atoms with E-state index in [2.05, 4.69) is 18.0 Å². The van der Waals surface area contributed by atoms with Crippen LogP contribution in [0.3, 0.4) is 0 Å². The Labute approximate surface area is 176 Å². The summed E-state index contributed by atoms with van der Waals surface area (Å²) < 4.78 is 34.6. The zero-order valence-electron chi connectivity index (χ0n) is 17.3. The van der Waals surface area contributed by atoms with E-state index >= 15 is 0 Å². The molecule has 162 valence electrons. The Morgan fingerprint density at radius 3 is 2.70 bits per heavy atom. The minimum atomic E-state index is -0.611. The van der Waals surface area contributed by atoms with E-state index in [-0.39, 0.29) is 18.2 Å². The Hall–Kier alpha value is -2.46. The predicted octanol–water partition coefficient (Wildman–Crippen LogP) is 4.26. The molecule has 0 spiro atoms. The van der Waals surface area contributed by atoms with E-state index in [4.69, 9.17) is 10.00 Å². The molecule has 0 radical (unpaired) electrons. The van der Waals surface area contributed by atoms with Crippen LogP contribution in [0.2, 0.25) is 0 Å². The molecule has 7 heteroatoms. The molecule has 30 heavy (non-hydrogen) atoms. The number of benzene rings is 1. The van der Waals surface area contributed by atoms with Crippen LogP contribution in [0.25, 0.3) is 0 Å². The van der Waals surface area contributed by atoms with Gasteiger partial charge in [0.15, 0.2) is 6.10 Å². The molecule has 0 aliphatic carbocycles. The number of rotatable bonds is 9. The van der Waals surface area contributed by atoms with Crippen LogP contribution < -0.4 is 5.32 Å². The van der Waals surface area contributed by atoms with Gasteiger partial charge in [0.1, 0.15) is 18.2 Å². The van der Waals surface area contributed by atoms with Crippen molar-refractivity contribution in [2.24, 2.45) is 5.92 Å². The normalized spacial score (nSPS) is 25.9. The lowest BCUT2D eigenvalue weighted by molar-refractivity contribution is -0.946. The second kappa shape index (κ2) is 10.0. The third kappa shape index (κ3) is 5.17. The van der Waals surface area contributed by atoms with E-state index in [1.807, 2.05) is 0 Å². The van der Waals surface area contributed by atoms with Gasteiger partial charge in [-0.3, -0.25) is 0 Å². The number of halogens is 2. The Bertz CT molecular complexity index is 780. The van der Waals surface area contributed by atoms with E-state index in [1.54, 1.807) is 0 Å². The van der Waals surface area contributed by atoms with Crippen LogP contribution in [-0.2, 0) is 4.74 Å². The third-order valence-electron chi connectivity index (χ3n) is 6.60. The van der Waals surface area contributed by atoms with Crippen molar-refractivity contribution in [1.29, 1.82) is 5.26 Å². The molecule has 1 aromatic carbocycles. The van der Waals surface area contributed by atoms with Gasteiger partial charge in [-0.05, 0) is 18.6 Å². The zero-order chi connectivity index (χ0) is 21.6. The maximum Gasteiger partial charge on any atom is 0.407 e. The molecule has 3 heterocycles. The van der Waals surface area contributed by atoms with Gasteiger partial charge in [0.2, 0.25) is 0 Å². The Balaban J connectivity index is 1.49. The molecule has 2 bridgehead atoms. The average molecular weight is 419 g/mol. The lowest BCUT2D eigenvalue weighted by atomic mass is 9.83. The number of unbranched alkanes of at least 4 members (excludes halogenated alkanes) is 1. The highest BCUT2D eigenvalue weighted by molar-refractivity contribution is 5.67. The van der Waals surface area contributed by atoms with Gasteiger partial charge in [0.25, 0.3) is 0 Å². The predicted molar refractivity (Wildman–Crippen MR) is 109 cm³/mol. The summed E-state index contributed by atoms with van der Waals surface area (Å²) in [4.78, 5) is 12.3. The number of fused-ring (bicyclic) bond motifs is 3.